The Morgan fingerprint density at radius 3 is 2.42 bits per heavy atom. The molecule has 6 amide bonds. The normalized spacial score (nSPS) is 18.1. The summed E-state index contributed by atoms with van der Waals surface area (Å²) in [5.41, 5.74) is 8.46. The Balaban J connectivity index is 0.736. The van der Waals surface area contributed by atoms with Crippen molar-refractivity contribution in [3.63, 3.8) is 0 Å². The van der Waals surface area contributed by atoms with Crippen LogP contribution >= 0.6 is 11.3 Å². The number of thiazole rings is 1. The number of hydrogen-bond acceptors (Lipinski definition) is 12. The molecule has 0 radical (unpaired) electrons. The van der Waals surface area contributed by atoms with Crippen LogP contribution in [0.3, 0.4) is 0 Å². The maximum Gasteiger partial charge on any atom is 0.317 e. The molecule has 19 nitrogen and oxygen atoms in total. The number of unbranched alkanes of at least 4 members (excludes halogenated alkanes) is 2. The number of aliphatic hydroxyl groups excluding tert-OH is 1. The number of aryl methyl sites for hydroxylation is 2. The van der Waals surface area contributed by atoms with E-state index in [2.05, 4.69) is 40.9 Å². The van der Waals surface area contributed by atoms with Crippen LogP contribution in [0, 0.1) is 12.3 Å². The molecule has 5 N–H and O–H groups in total. The monoisotopic (exact) mass is 1110 g/mol. The fourth-order valence-electron chi connectivity index (χ4n) is 11.3. The zero-order valence-corrected chi connectivity index (χ0v) is 46.7. The SMILES string of the molecule is CNC(=O)N1CCc2c(c(N3CCCc4cc(-c5cnn(CCNC(=O)CCCCCC(=O)N[C@H](C(=O)N6C[C@H](O)C[C@H]6C(=O)NCc6ccc(-c7scnc7C)cc6)C(C)(C)C)c5)c(C(F)F)cc43)nn2C2CCOCC2)C1. The van der Waals surface area contributed by atoms with E-state index in [1.54, 1.807) is 51.9 Å². The molecule has 0 spiro atoms. The minimum Gasteiger partial charge on any atom is -0.391 e. The van der Waals surface area contributed by atoms with Crippen molar-refractivity contribution in [1.29, 1.82) is 0 Å². The summed E-state index contributed by atoms with van der Waals surface area (Å²) in [7, 11) is 1.61. The number of alkyl halides is 2. The van der Waals surface area contributed by atoms with Crippen molar-refractivity contribution in [2.45, 2.75) is 149 Å². The maximum absolute atomic E-state index is 15.1. The second kappa shape index (κ2) is 25.1. The Morgan fingerprint density at radius 2 is 1.71 bits per heavy atom. The number of carbonyl (C=O) groups excluding carboxylic acids is 5. The zero-order valence-electron chi connectivity index (χ0n) is 45.9. The van der Waals surface area contributed by atoms with Gasteiger partial charge in [0.05, 0.1) is 47.5 Å². The van der Waals surface area contributed by atoms with Gasteiger partial charge >= 0.3 is 6.03 Å². The van der Waals surface area contributed by atoms with Crippen LogP contribution in [0.1, 0.15) is 125 Å². The van der Waals surface area contributed by atoms with Gasteiger partial charge in [-0.3, -0.25) is 28.5 Å². The predicted octanol–water partition coefficient (Wildman–Crippen LogP) is 7.13. The van der Waals surface area contributed by atoms with Gasteiger partial charge in [0.1, 0.15) is 12.1 Å². The van der Waals surface area contributed by atoms with E-state index >= 15 is 8.78 Å². The molecule has 4 aliphatic rings. The summed E-state index contributed by atoms with van der Waals surface area (Å²) < 4.78 is 39.6. The number of amides is 6. The lowest BCUT2D eigenvalue weighted by atomic mass is 9.85. The minimum atomic E-state index is -2.77. The summed E-state index contributed by atoms with van der Waals surface area (Å²) >= 11 is 1.56. The number of urea groups is 1. The van der Waals surface area contributed by atoms with Crippen molar-refractivity contribution in [2.75, 3.05) is 51.3 Å². The number of benzene rings is 2. The van der Waals surface area contributed by atoms with Crippen molar-refractivity contribution in [3.05, 3.63) is 87.9 Å². The highest BCUT2D eigenvalue weighted by atomic mass is 32.1. The number of aliphatic hydroxyl groups is 1. The molecule has 0 saturated carbocycles. The number of nitrogens with one attached hydrogen (secondary N) is 4. The van der Waals surface area contributed by atoms with Gasteiger partial charge in [-0.2, -0.15) is 10.2 Å². The quantitative estimate of drug-likeness (QED) is 0.0524. The molecular weight excluding hydrogens is 1030 g/mol. The summed E-state index contributed by atoms with van der Waals surface area (Å²) in [6.07, 6.45) is 5.49. The van der Waals surface area contributed by atoms with E-state index in [1.807, 2.05) is 58.0 Å². The molecule has 4 aliphatic heterocycles. The second-order valence-electron chi connectivity index (χ2n) is 22.2. The van der Waals surface area contributed by atoms with Crippen LogP contribution in [0.5, 0.6) is 0 Å². The molecule has 79 heavy (non-hydrogen) atoms. The van der Waals surface area contributed by atoms with Crippen molar-refractivity contribution in [3.8, 4) is 21.6 Å². The first-order valence-electron chi connectivity index (χ1n) is 27.7. The molecule has 0 aliphatic carbocycles. The summed E-state index contributed by atoms with van der Waals surface area (Å²) in [6, 6.07) is 9.43. The fourth-order valence-corrected chi connectivity index (χ4v) is 12.1. The Morgan fingerprint density at radius 1 is 0.949 bits per heavy atom. The fraction of sp³-hybridized carbons (Fsp3) is 0.544. The lowest BCUT2D eigenvalue weighted by molar-refractivity contribution is -0.144. The summed E-state index contributed by atoms with van der Waals surface area (Å²) in [5.74, 6) is -0.595. The third kappa shape index (κ3) is 13.3. The molecular formula is C57H74F2N12O7S. The molecule has 9 rings (SSSR count). The van der Waals surface area contributed by atoms with Crippen molar-refractivity contribution >= 4 is 52.5 Å². The number of halogens is 2. The van der Waals surface area contributed by atoms with E-state index in [0.717, 1.165) is 57.8 Å². The Hall–Kier alpha value is -6.78. The number of likely N-dealkylation sites (tertiary alicyclic amines) is 1. The van der Waals surface area contributed by atoms with Gasteiger partial charge in [0, 0.05) is 113 Å². The van der Waals surface area contributed by atoms with Crippen LogP contribution in [0.25, 0.3) is 21.6 Å². The number of ether oxygens (including phenoxy) is 1. The number of carbonyl (C=O) groups is 5. The lowest BCUT2D eigenvalue weighted by Crippen LogP contribution is -2.57. The van der Waals surface area contributed by atoms with Crippen LogP contribution in [-0.4, -0.2) is 134 Å². The second-order valence-corrected chi connectivity index (χ2v) is 23.1. The highest BCUT2D eigenvalue weighted by Gasteiger charge is 2.44. The van der Waals surface area contributed by atoms with Gasteiger partial charge in [0.25, 0.3) is 6.43 Å². The topological polar surface area (TPSA) is 221 Å². The highest BCUT2D eigenvalue weighted by Crippen LogP contribution is 2.44. The predicted molar refractivity (Wildman–Crippen MR) is 296 cm³/mol. The van der Waals surface area contributed by atoms with Crippen molar-refractivity contribution in [2.24, 2.45) is 5.41 Å². The van der Waals surface area contributed by atoms with E-state index in [-0.39, 0.29) is 74.3 Å². The molecule has 5 aromatic rings. The Labute approximate surface area is 463 Å². The molecule has 3 atom stereocenters. The molecule has 3 aromatic heterocycles. The zero-order chi connectivity index (χ0) is 56.0. The van der Waals surface area contributed by atoms with Crippen LogP contribution in [-0.2, 0) is 56.4 Å². The number of rotatable bonds is 19. The van der Waals surface area contributed by atoms with Gasteiger partial charge in [-0.15, -0.1) is 11.3 Å². The summed E-state index contributed by atoms with van der Waals surface area (Å²) in [5, 5.41) is 31.8. The first-order valence-corrected chi connectivity index (χ1v) is 28.6. The highest BCUT2D eigenvalue weighted by molar-refractivity contribution is 7.13. The van der Waals surface area contributed by atoms with E-state index in [0.29, 0.717) is 94.1 Å². The lowest BCUT2D eigenvalue weighted by Gasteiger charge is -2.35. The van der Waals surface area contributed by atoms with Crippen LogP contribution < -0.4 is 26.2 Å². The molecule has 2 fully saturated rings. The Kier molecular flexibility index (Phi) is 18.1. The molecule has 424 valence electrons. The van der Waals surface area contributed by atoms with Gasteiger partial charge in [0.2, 0.25) is 23.6 Å². The molecule has 22 heteroatoms. The van der Waals surface area contributed by atoms with Crippen LogP contribution in [0.4, 0.5) is 25.1 Å². The Bertz CT molecular complexity index is 2980. The van der Waals surface area contributed by atoms with E-state index in [4.69, 9.17) is 9.84 Å². The first-order chi connectivity index (χ1) is 38.0. The maximum atomic E-state index is 15.1. The average Bonchev–Trinajstić information content (AvgIpc) is 4.47. The largest absolute Gasteiger partial charge is 0.391 e. The van der Waals surface area contributed by atoms with Gasteiger partial charge in [0.15, 0.2) is 5.82 Å². The van der Waals surface area contributed by atoms with Crippen molar-refractivity contribution < 1.29 is 42.6 Å². The standard InChI is InChI=1S/C57H74F2N12O7S/c1-35-50(79-34-63-35)37-15-13-36(14-16-37)29-62-54(75)47-27-41(72)32-70(47)55(76)51(57(2,3)4)65-49(74)12-8-6-7-11-48(73)61-20-23-68-31-39(30-64-68)42-26-38-10-9-21-69(46(38)28-43(42)52(58)59)53-44-33-67(56(77)60-5)22-17-45(44)71(66-53)40-18-24-78-25-19-40/h13-16,26,28,30-31,34,40-41,47,51-52,72H,6-12,17-25,27,29,32-33H2,1-5H3,(H,60,77)(H,61,73)(H,62,75)(H,65,74)/t41-,47+,51-/m1/s1. The van der Waals surface area contributed by atoms with E-state index in [9.17, 15) is 29.1 Å². The van der Waals surface area contributed by atoms with Gasteiger partial charge in [-0.1, -0.05) is 51.5 Å². The molecule has 2 aromatic carbocycles. The van der Waals surface area contributed by atoms with Crippen molar-refractivity contribution in [1.82, 2.24) is 55.6 Å². The van der Waals surface area contributed by atoms with Gasteiger partial charge < -0.3 is 45.8 Å². The molecule has 2 saturated heterocycles. The summed E-state index contributed by atoms with van der Waals surface area (Å²) in [6.45, 7) is 11.1. The smallest absolute Gasteiger partial charge is 0.317 e. The number of aromatic nitrogens is 5. The third-order valence-electron chi connectivity index (χ3n) is 15.6. The van der Waals surface area contributed by atoms with Gasteiger partial charge in [-0.05, 0) is 85.3 Å². The number of β-amino-alcohol motifs (C(OH)–C–C–N with tert-alkyl or cyclic N) is 1. The number of nitrogens with zero attached hydrogens (tertiary/aromatic N) is 8. The third-order valence-corrected chi connectivity index (χ3v) is 16.6. The van der Waals surface area contributed by atoms with Gasteiger partial charge in [-0.25, -0.2) is 18.6 Å². The summed E-state index contributed by atoms with van der Waals surface area (Å²) in [4.78, 5) is 77.2. The number of hydrogen-bond donors (Lipinski definition) is 5. The molecule has 0 bridgehead atoms. The molecule has 7 heterocycles. The van der Waals surface area contributed by atoms with E-state index in [1.165, 1.54) is 4.90 Å². The minimum absolute atomic E-state index is 0.0254. The molecule has 0 unspecified atom stereocenters. The number of anilines is 2. The number of fused-ring (bicyclic) bond motifs is 2. The van der Waals surface area contributed by atoms with E-state index < -0.39 is 35.9 Å². The van der Waals surface area contributed by atoms with Crippen LogP contribution in [0.2, 0.25) is 0 Å². The average molecular weight is 1110 g/mol. The first kappa shape index (κ1) is 56.9. The van der Waals surface area contributed by atoms with Crippen LogP contribution in [0.15, 0.2) is 54.3 Å².